The number of benzene rings is 2. The van der Waals surface area contributed by atoms with Gasteiger partial charge in [0.25, 0.3) is 11.8 Å². The minimum Gasteiger partial charge on any atom is -0.491 e. The number of amides is 5. The molecule has 0 saturated carbocycles. The molecule has 67 heavy (non-hydrogen) atoms. The highest BCUT2D eigenvalue weighted by molar-refractivity contribution is 6.34. The second-order valence-corrected chi connectivity index (χ2v) is 16.3. The predicted molar refractivity (Wildman–Crippen MR) is 247 cm³/mol. The zero-order chi connectivity index (χ0) is 47.5. The lowest BCUT2D eigenvalue weighted by Crippen LogP contribution is -2.43. The number of carbonyl (C=O) groups is 5. The number of nitrogens with one attached hydrogen (secondary N) is 3. The Hall–Kier alpha value is -7.30. The van der Waals surface area contributed by atoms with Crippen molar-refractivity contribution < 1.29 is 38.2 Å². The molecule has 0 aliphatic carbocycles. The zero-order valence-electron chi connectivity index (χ0n) is 37.4. The molecule has 0 bridgehead atoms. The molecule has 352 valence electrons. The summed E-state index contributed by atoms with van der Waals surface area (Å²) in [4.78, 5) is 76.8. The number of fused-ring (bicyclic) bond motifs is 1. The van der Waals surface area contributed by atoms with Crippen LogP contribution in [-0.2, 0) is 29.2 Å². The van der Waals surface area contributed by atoms with E-state index in [0.717, 1.165) is 0 Å². The number of allylic oxidation sites excluding steroid dienone is 1. The van der Waals surface area contributed by atoms with Crippen LogP contribution in [0.15, 0.2) is 42.5 Å². The summed E-state index contributed by atoms with van der Waals surface area (Å²) in [6.45, 7) is 11.5. The van der Waals surface area contributed by atoms with Crippen molar-refractivity contribution in [3.05, 3.63) is 81.4 Å². The van der Waals surface area contributed by atoms with Crippen LogP contribution in [-0.4, -0.2) is 126 Å². The van der Waals surface area contributed by atoms with Crippen LogP contribution in [0.2, 0.25) is 5.02 Å². The van der Waals surface area contributed by atoms with E-state index in [2.05, 4.69) is 26.1 Å². The van der Waals surface area contributed by atoms with Crippen molar-refractivity contribution in [3.8, 4) is 11.5 Å². The van der Waals surface area contributed by atoms with E-state index in [9.17, 15) is 24.0 Å². The molecule has 1 saturated heterocycles. The molecule has 0 spiro atoms. The van der Waals surface area contributed by atoms with E-state index in [1.54, 1.807) is 33.7 Å². The van der Waals surface area contributed by atoms with Crippen LogP contribution in [0.25, 0.3) is 22.1 Å². The highest BCUT2D eigenvalue weighted by Gasteiger charge is 2.30. The van der Waals surface area contributed by atoms with Gasteiger partial charge in [-0.25, -0.2) is 9.97 Å². The molecule has 23 heteroatoms. The maximum Gasteiger partial charge on any atom is 0.277 e. The summed E-state index contributed by atoms with van der Waals surface area (Å²) in [5.74, 6) is -1.63. The van der Waals surface area contributed by atoms with Crippen LogP contribution in [0.5, 0.6) is 11.5 Å². The molecule has 6 heterocycles. The SMILES string of the molecule is CCn1nc(C)cc1C(=O)Nc1nc2cc(C(N)=O)cc(OCCCNC(=O)CN3CCOCC3)c2n1C/C=C/[C@H]1COc2cc(C(N)=O)cc3nc(NC(=O)c4c(Cl)c(C)nn4CC)n1c23. The number of primary amides is 2. The number of anilines is 2. The van der Waals surface area contributed by atoms with Crippen molar-refractivity contribution in [2.45, 2.75) is 59.8 Å². The van der Waals surface area contributed by atoms with Gasteiger partial charge in [0.1, 0.15) is 40.5 Å². The normalized spacial score (nSPS) is 15.0. The first kappa shape index (κ1) is 46.2. The minimum absolute atomic E-state index is 0.0563. The van der Waals surface area contributed by atoms with Crippen molar-refractivity contribution in [3.63, 3.8) is 0 Å². The molecule has 1 fully saturated rings. The van der Waals surface area contributed by atoms with Gasteiger partial charge in [-0.1, -0.05) is 23.8 Å². The van der Waals surface area contributed by atoms with Gasteiger partial charge in [-0.05, 0) is 64.4 Å². The van der Waals surface area contributed by atoms with Crippen LogP contribution in [0.3, 0.4) is 0 Å². The van der Waals surface area contributed by atoms with Crippen molar-refractivity contribution in [1.82, 2.24) is 48.9 Å². The zero-order valence-corrected chi connectivity index (χ0v) is 38.2. The van der Waals surface area contributed by atoms with E-state index in [1.165, 1.54) is 28.9 Å². The standard InChI is InChI=1S/C44H51ClN14O8/c1-5-57-31(17-24(3)53-57)41(63)51-43-49-29-18-26(39(46)61)20-32(66-14-8-10-48-34(60)22-55-12-15-65-16-13-55)36(29)56(43)11-7-9-28-23-67-33-21-27(40(47)62)19-30-37(33)59(28)44(50-30)52-42(64)38-35(45)25(4)54-58(38)6-2/h7,9,17-21,28H,5-6,8,10-16,22-23H2,1-4H3,(H2,46,61)(H2,47,62)(H,48,60)(H,49,51,63)(H,50,52,64)/b9-7+/t28-/m0/s1. The van der Waals surface area contributed by atoms with Crippen molar-refractivity contribution in [2.75, 3.05) is 63.2 Å². The fourth-order valence-electron chi connectivity index (χ4n) is 8.13. The molecule has 2 aliphatic rings. The van der Waals surface area contributed by atoms with Gasteiger partial charge in [0.05, 0.1) is 59.9 Å². The number of hydrogen-bond acceptors (Lipinski definition) is 13. The van der Waals surface area contributed by atoms with E-state index >= 15 is 0 Å². The molecular weight excluding hydrogens is 888 g/mol. The van der Waals surface area contributed by atoms with Gasteiger partial charge in [0.15, 0.2) is 0 Å². The highest BCUT2D eigenvalue weighted by Crippen LogP contribution is 2.38. The van der Waals surface area contributed by atoms with Gasteiger partial charge in [-0.2, -0.15) is 10.2 Å². The number of ether oxygens (including phenoxy) is 3. The van der Waals surface area contributed by atoms with Crippen LogP contribution in [0.1, 0.15) is 79.4 Å². The first-order valence-corrected chi connectivity index (χ1v) is 22.2. The van der Waals surface area contributed by atoms with Gasteiger partial charge in [0, 0.05) is 50.4 Å². The lowest BCUT2D eigenvalue weighted by Gasteiger charge is -2.25. The molecule has 0 unspecified atom stereocenters. The highest BCUT2D eigenvalue weighted by atomic mass is 35.5. The first-order valence-electron chi connectivity index (χ1n) is 21.8. The Labute approximate surface area is 388 Å². The summed E-state index contributed by atoms with van der Waals surface area (Å²) in [5, 5.41) is 17.8. The third kappa shape index (κ3) is 9.67. The van der Waals surface area contributed by atoms with Gasteiger partial charge in [-0.3, -0.25) is 53.4 Å². The summed E-state index contributed by atoms with van der Waals surface area (Å²) in [6, 6.07) is 7.19. The number of nitrogens with zero attached hydrogens (tertiary/aromatic N) is 9. The summed E-state index contributed by atoms with van der Waals surface area (Å²) in [7, 11) is 0. The van der Waals surface area contributed by atoms with Gasteiger partial charge < -0.3 is 35.6 Å². The number of rotatable bonds is 18. The molecule has 2 aliphatic heterocycles. The number of halogens is 1. The Morgan fingerprint density at radius 3 is 2.28 bits per heavy atom. The molecule has 8 rings (SSSR count). The number of carbonyl (C=O) groups excluding carboxylic acids is 5. The summed E-state index contributed by atoms with van der Waals surface area (Å²) >= 11 is 6.56. The summed E-state index contributed by atoms with van der Waals surface area (Å²) < 4.78 is 24.5. The molecule has 2 aromatic carbocycles. The smallest absolute Gasteiger partial charge is 0.277 e. The molecule has 5 amide bonds. The summed E-state index contributed by atoms with van der Waals surface area (Å²) in [5.41, 5.74) is 15.0. The number of nitrogens with two attached hydrogens (primary N) is 2. The fraction of sp³-hybridized carbons (Fsp3) is 0.386. The number of morpholine rings is 1. The van der Waals surface area contributed by atoms with Crippen LogP contribution < -0.4 is 36.9 Å². The maximum absolute atomic E-state index is 13.9. The molecular formula is C44H51ClN14O8. The average Bonchev–Trinajstić information content (AvgIpc) is 4.05. The number of imidazole rings is 2. The largest absolute Gasteiger partial charge is 0.491 e. The monoisotopic (exact) mass is 938 g/mol. The quantitative estimate of drug-likeness (QED) is 0.0613. The van der Waals surface area contributed by atoms with Crippen LogP contribution in [0.4, 0.5) is 11.9 Å². The summed E-state index contributed by atoms with van der Waals surface area (Å²) in [6.07, 6.45) is 4.11. The molecule has 6 aromatic rings. The fourth-order valence-corrected chi connectivity index (χ4v) is 8.35. The van der Waals surface area contributed by atoms with Gasteiger partial charge in [0.2, 0.25) is 29.6 Å². The maximum atomic E-state index is 13.9. The average molecular weight is 939 g/mol. The Morgan fingerprint density at radius 2 is 1.57 bits per heavy atom. The molecule has 7 N–H and O–H groups in total. The van der Waals surface area contributed by atoms with E-state index in [1.807, 2.05) is 30.9 Å². The third-order valence-corrected chi connectivity index (χ3v) is 11.8. The van der Waals surface area contributed by atoms with Crippen molar-refractivity contribution >= 4 is 75.1 Å². The number of hydrogen-bond donors (Lipinski definition) is 5. The molecule has 1 atom stereocenters. The van der Waals surface area contributed by atoms with E-state index in [0.29, 0.717) is 97.3 Å². The third-order valence-electron chi connectivity index (χ3n) is 11.3. The lowest BCUT2D eigenvalue weighted by atomic mass is 10.1. The van der Waals surface area contributed by atoms with E-state index in [4.69, 9.17) is 47.2 Å². The van der Waals surface area contributed by atoms with Crippen molar-refractivity contribution in [1.29, 1.82) is 0 Å². The lowest BCUT2D eigenvalue weighted by molar-refractivity contribution is -0.123. The van der Waals surface area contributed by atoms with Crippen LogP contribution >= 0.6 is 11.6 Å². The Kier molecular flexibility index (Phi) is 13.6. The second-order valence-electron chi connectivity index (χ2n) is 16.0. The number of aryl methyl sites for hydroxylation is 4. The predicted octanol–water partition coefficient (Wildman–Crippen LogP) is 3.20. The minimum atomic E-state index is -0.712. The Balaban J connectivity index is 1.12. The van der Waals surface area contributed by atoms with Gasteiger partial charge in [-0.15, -0.1) is 0 Å². The Morgan fingerprint density at radius 1 is 0.881 bits per heavy atom. The Bertz CT molecular complexity index is 2940. The first-order chi connectivity index (χ1) is 32.2. The van der Waals surface area contributed by atoms with Gasteiger partial charge >= 0.3 is 0 Å². The van der Waals surface area contributed by atoms with Crippen LogP contribution in [0, 0.1) is 13.8 Å². The molecule has 0 radical (unpaired) electrons. The topological polar surface area (TPSA) is 276 Å². The van der Waals surface area contributed by atoms with Crippen molar-refractivity contribution in [2.24, 2.45) is 11.5 Å². The van der Waals surface area contributed by atoms with E-state index < -0.39 is 29.7 Å². The molecule has 4 aromatic heterocycles. The second kappa shape index (κ2) is 19.7. The molecule has 22 nitrogen and oxygen atoms in total. The van der Waals surface area contributed by atoms with E-state index in [-0.39, 0.29) is 71.7 Å². The number of aromatic nitrogens is 8.